The van der Waals surface area contributed by atoms with E-state index in [1.165, 1.54) is 12.1 Å². The third kappa shape index (κ3) is 9.72. The minimum absolute atomic E-state index is 0.0112. The Morgan fingerprint density at radius 1 is 0.857 bits per heavy atom. The molecule has 0 saturated carbocycles. The lowest BCUT2D eigenvalue weighted by molar-refractivity contribution is -0.143. The van der Waals surface area contributed by atoms with Crippen molar-refractivity contribution in [3.63, 3.8) is 0 Å². The molecule has 0 radical (unpaired) electrons. The van der Waals surface area contributed by atoms with E-state index in [2.05, 4.69) is 16.0 Å². The molecule has 0 aliphatic heterocycles. The van der Waals surface area contributed by atoms with E-state index in [9.17, 15) is 29.4 Å². The van der Waals surface area contributed by atoms with E-state index in [1.54, 1.807) is 43.3 Å². The molecule has 188 valence electrons. The van der Waals surface area contributed by atoms with Crippen LogP contribution in [0.5, 0.6) is 5.75 Å². The normalized spacial score (nSPS) is 12.1. The van der Waals surface area contributed by atoms with E-state index in [1.807, 2.05) is 6.07 Å². The summed E-state index contributed by atoms with van der Waals surface area (Å²) in [4.78, 5) is 49.1. The minimum Gasteiger partial charge on any atom is -0.508 e. The fourth-order valence-electron chi connectivity index (χ4n) is 2.94. The van der Waals surface area contributed by atoms with Gasteiger partial charge in [0, 0.05) is 6.42 Å². The lowest BCUT2D eigenvalue weighted by Crippen LogP contribution is -2.56. The molecule has 2 atom stereocenters. The number of hydrogen-bond acceptors (Lipinski definition) is 8. The maximum absolute atomic E-state index is 12.7. The number of alkyl carbamates (subject to hydrolysis) is 1. The summed E-state index contributed by atoms with van der Waals surface area (Å²) in [6.07, 6.45) is -0.915. The number of benzene rings is 2. The number of aromatic hydroxyl groups is 1. The zero-order valence-corrected chi connectivity index (χ0v) is 19.2. The quantitative estimate of drug-likeness (QED) is 0.268. The van der Waals surface area contributed by atoms with Crippen molar-refractivity contribution in [1.82, 2.24) is 16.0 Å². The van der Waals surface area contributed by atoms with Crippen molar-refractivity contribution in [2.75, 3.05) is 19.8 Å². The second-order valence-corrected chi connectivity index (χ2v) is 7.40. The van der Waals surface area contributed by atoms with Crippen LogP contribution in [0.2, 0.25) is 0 Å². The van der Waals surface area contributed by atoms with Gasteiger partial charge in [0.2, 0.25) is 11.8 Å². The summed E-state index contributed by atoms with van der Waals surface area (Å²) >= 11 is 0. The summed E-state index contributed by atoms with van der Waals surface area (Å²) < 4.78 is 9.84. The number of nitrogens with one attached hydrogen (secondary N) is 3. The van der Waals surface area contributed by atoms with Crippen LogP contribution in [0, 0.1) is 0 Å². The highest BCUT2D eigenvalue weighted by molar-refractivity contribution is 5.92. The Morgan fingerprint density at radius 2 is 1.54 bits per heavy atom. The van der Waals surface area contributed by atoms with E-state index in [0.29, 0.717) is 5.56 Å². The Labute approximate surface area is 202 Å². The maximum atomic E-state index is 12.7. The van der Waals surface area contributed by atoms with E-state index >= 15 is 0 Å². The molecule has 11 heteroatoms. The number of phenols is 1. The first-order chi connectivity index (χ1) is 16.8. The van der Waals surface area contributed by atoms with Gasteiger partial charge in [-0.2, -0.15) is 0 Å². The van der Waals surface area contributed by atoms with Gasteiger partial charge >= 0.3 is 12.1 Å². The molecule has 0 saturated heterocycles. The van der Waals surface area contributed by atoms with E-state index < -0.39 is 49.1 Å². The summed E-state index contributed by atoms with van der Waals surface area (Å²) in [6, 6.07) is 12.3. The zero-order chi connectivity index (χ0) is 25.6. The molecule has 2 aromatic rings. The molecule has 0 heterocycles. The third-order valence-electron chi connectivity index (χ3n) is 4.73. The predicted molar refractivity (Wildman–Crippen MR) is 124 cm³/mol. The third-order valence-corrected chi connectivity index (χ3v) is 4.73. The van der Waals surface area contributed by atoms with Gasteiger partial charge in [0.15, 0.2) is 0 Å². The first-order valence-corrected chi connectivity index (χ1v) is 10.9. The lowest BCUT2D eigenvalue weighted by Gasteiger charge is -2.22. The van der Waals surface area contributed by atoms with Gasteiger partial charge in [0.05, 0.1) is 13.2 Å². The molecule has 35 heavy (non-hydrogen) atoms. The van der Waals surface area contributed by atoms with Gasteiger partial charge < -0.3 is 35.6 Å². The Bertz CT molecular complexity index is 982. The summed E-state index contributed by atoms with van der Waals surface area (Å²) in [7, 11) is 0. The number of rotatable bonds is 12. The Morgan fingerprint density at radius 3 is 2.17 bits per heavy atom. The first-order valence-electron chi connectivity index (χ1n) is 10.9. The molecule has 0 spiro atoms. The van der Waals surface area contributed by atoms with Crippen LogP contribution < -0.4 is 16.0 Å². The molecule has 0 aromatic heterocycles. The molecule has 0 aliphatic carbocycles. The smallest absolute Gasteiger partial charge is 0.408 e. The van der Waals surface area contributed by atoms with E-state index in [4.69, 9.17) is 9.47 Å². The standard InChI is InChI=1S/C24H29N3O8/c1-2-34-21(30)13-25-22(31)19(12-16-8-10-18(29)11-9-16)26-23(32)20(14-28)27-24(33)35-15-17-6-4-3-5-7-17/h3-11,19-20,28-29H,2,12-15H2,1H3,(H,25,31)(H,26,32)(H,27,33)/t19-,20-/m0/s1. The summed E-state index contributed by atoms with van der Waals surface area (Å²) in [6.45, 7) is 0.587. The van der Waals surface area contributed by atoms with Crippen LogP contribution in [0.25, 0.3) is 0 Å². The van der Waals surface area contributed by atoms with Crippen LogP contribution in [-0.2, 0) is 36.9 Å². The molecule has 0 fully saturated rings. The summed E-state index contributed by atoms with van der Waals surface area (Å²) in [5.41, 5.74) is 1.34. The monoisotopic (exact) mass is 487 g/mol. The van der Waals surface area contributed by atoms with Crippen molar-refractivity contribution >= 4 is 23.9 Å². The SMILES string of the molecule is CCOC(=O)CNC(=O)[C@H](Cc1ccc(O)cc1)NC(=O)[C@H](CO)NC(=O)OCc1ccccc1. The fourth-order valence-corrected chi connectivity index (χ4v) is 2.94. The number of carbonyl (C=O) groups is 4. The van der Waals surface area contributed by atoms with Crippen molar-refractivity contribution in [1.29, 1.82) is 0 Å². The highest BCUT2D eigenvalue weighted by atomic mass is 16.5. The second kappa shape index (κ2) is 14.2. The van der Waals surface area contributed by atoms with Crippen molar-refractivity contribution in [2.24, 2.45) is 0 Å². The van der Waals surface area contributed by atoms with Crippen molar-refractivity contribution in [3.05, 3.63) is 65.7 Å². The molecule has 0 unspecified atom stereocenters. The van der Waals surface area contributed by atoms with Crippen LogP contribution in [0.15, 0.2) is 54.6 Å². The van der Waals surface area contributed by atoms with Crippen LogP contribution in [0.3, 0.4) is 0 Å². The van der Waals surface area contributed by atoms with Crippen LogP contribution in [0.1, 0.15) is 18.1 Å². The van der Waals surface area contributed by atoms with Gasteiger partial charge in [-0.05, 0) is 30.2 Å². The highest BCUT2D eigenvalue weighted by Gasteiger charge is 2.27. The summed E-state index contributed by atoms with van der Waals surface area (Å²) in [5.74, 6) is -2.13. The number of esters is 1. The van der Waals surface area contributed by atoms with Gasteiger partial charge in [-0.1, -0.05) is 42.5 Å². The molecule has 2 rings (SSSR count). The Balaban J connectivity index is 2.01. The topological polar surface area (TPSA) is 163 Å². The van der Waals surface area contributed by atoms with Crippen LogP contribution in [-0.4, -0.2) is 65.9 Å². The average molecular weight is 488 g/mol. The molecule has 2 aromatic carbocycles. The number of amides is 3. The molecule has 3 amide bonds. The molecular weight excluding hydrogens is 458 g/mol. The average Bonchev–Trinajstić information content (AvgIpc) is 2.86. The molecule has 5 N–H and O–H groups in total. The Kier molecular flexibility index (Phi) is 11.0. The van der Waals surface area contributed by atoms with Gasteiger partial charge in [0.25, 0.3) is 0 Å². The van der Waals surface area contributed by atoms with Crippen molar-refractivity contribution in [2.45, 2.75) is 32.0 Å². The molecule has 11 nitrogen and oxygen atoms in total. The fraction of sp³-hybridized carbons (Fsp3) is 0.333. The highest BCUT2D eigenvalue weighted by Crippen LogP contribution is 2.11. The van der Waals surface area contributed by atoms with E-state index in [-0.39, 0.29) is 25.4 Å². The number of aliphatic hydroxyl groups is 1. The zero-order valence-electron chi connectivity index (χ0n) is 19.2. The predicted octanol–water partition coefficient (Wildman–Crippen LogP) is 0.386. The minimum atomic E-state index is -1.39. The molecular formula is C24H29N3O8. The Hall–Kier alpha value is -4.12. The van der Waals surface area contributed by atoms with Gasteiger partial charge in [-0.15, -0.1) is 0 Å². The number of ether oxygens (including phenoxy) is 2. The number of hydrogen-bond donors (Lipinski definition) is 5. The first kappa shape index (κ1) is 27.1. The number of carbonyl (C=O) groups excluding carboxylic acids is 4. The van der Waals surface area contributed by atoms with E-state index in [0.717, 1.165) is 5.56 Å². The van der Waals surface area contributed by atoms with Crippen molar-refractivity contribution in [3.8, 4) is 5.75 Å². The van der Waals surface area contributed by atoms with Gasteiger partial charge in [-0.25, -0.2) is 4.79 Å². The van der Waals surface area contributed by atoms with Gasteiger partial charge in [0.1, 0.15) is 31.0 Å². The largest absolute Gasteiger partial charge is 0.508 e. The van der Waals surface area contributed by atoms with Crippen LogP contribution >= 0.6 is 0 Å². The molecule has 0 aliphatic rings. The second-order valence-electron chi connectivity index (χ2n) is 7.40. The maximum Gasteiger partial charge on any atom is 0.408 e. The molecule has 0 bridgehead atoms. The number of phenolic OH excluding ortho intramolecular Hbond substituents is 1. The summed E-state index contributed by atoms with van der Waals surface area (Å²) in [5, 5.41) is 26.2. The lowest BCUT2D eigenvalue weighted by atomic mass is 10.0. The number of aliphatic hydroxyl groups excluding tert-OH is 1. The van der Waals surface area contributed by atoms with Crippen molar-refractivity contribution < 1.29 is 38.9 Å². The van der Waals surface area contributed by atoms with Gasteiger partial charge in [-0.3, -0.25) is 14.4 Å². The van der Waals surface area contributed by atoms with Crippen LogP contribution in [0.4, 0.5) is 4.79 Å².